The smallest absolute Gasteiger partial charge is 0.303 e. The number of sulfone groups is 1. The van der Waals surface area contributed by atoms with E-state index in [1.165, 1.54) is 25.2 Å². The summed E-state index contributed by atoms with van der Waals surface area (Å²) in [5.74, 6) is -1.16. The number of nitrogens with one attached hydrogen (secondary N) is 1. The van der Waals surface area contributed by atoms with Gasteiger partial charge in [0.1, 0.15) is 12.3 Å². The maximum absolute atomic E-state index is 13.5. The fraction of sp³-hybridized carbons (Fsp3) is 0.481. The zero-order valence-corrected chi connectivity index (χ0v) is 23.3. The van der Waals surface area contributed by atoms with Gasteiger partial charge < -0.3 is 9.47 Å². The number of thiazole rings is 1. The molecule has 4 rings (SSSR count). The monoisotopic (exact) mass is 560 g/mol. The Bertz CT molecular complexity index is 1340. The molecular formula is C27H32N2O7S2. The summed E-state index contributed by atoms with van der Waals surface area (Å²) in [7, 11) is -3.32. The predicted octanol–water partition coefficient (Wildman–Crippen LogP) is 4.77. The number of hydrogen-bond acceptors (Lipinski definition) is 9. The Balaban J connectivity index is 1.58. The summed E-state index contributed by atoms with van der Waals surface area (Å²) >= 11 is 1.22. The van der Waals surface area contributed by atoms with E-state index in [2.05, 4.69) is 10.3 Å². The number of benzene rings is 1. The molecule has 2 aliphatic rings. The molecule has 9 nitrogen and oxygen atoms in total. The molecule has 0 saturated heterocycles. The molecule has 204 valence electrons. The van der Waals surface area contributed by atoms with Crippen molar-refractivity contribution in [2.24, 2.45) is 5.92 Å². The highest BCUT2D eigenvalue weighted by Gasteiger charge is 2.36. The minimum atomic E-state index is -3.32. The zero-order valence-electron chi connectivity index (χ0n) is 21.7. The number of rotatable bonds is 10. The van der Waals surface area contributed by atoms with E-state index < -0.39 is 27.9 Å². The minimum absolute atomic E-state index is 0.185. The lowest BCUT2D eigenvalue weighted by Crippen LogP contribution is -2.18. The van der Waals surface area contributed by atoms with Crippen molar-refractivity contribution in [3.05, 3.63) is 46.5 Å². The van der Waals surface area contributed by atoms with Crippen molar-refractivity contribution < 1.29 is 32.3 Å². The average molecular weight is 561 g/mol. The van der Waals surface area contributed by atoms with Gasteiger partial charge in [-0.1, -0.05) is 31.1 Å². The molecule has 1 aromatic carbocycles. The van der Waals surface area contributed by atoms with E-state index in [1.54, 1.807) is 31.2 Å². The molecule has 38 heavy (non-hydrogen) atoms. The molecule has 1 aromatic heterocycles. The van der Waals surface area contributed by atoms with E-state index in [9.17, 15) is 22.8 Å². The van der Waals surface area contributed by atoms with Gasteiger partial charge in [0, 0.05) is 24.3 Å². The highest BCUT2D eigenvalue weighted by atomic mass is 32.2. The molecule has 0 bridgehead atoms. The molecular weight excluding hydrogens is 528 g/mol. The van der Waals surface area contributed by atoms with Crippen molar-refractivity contribution in [1.29, 1.82) is 0 Å². The maximum atomic E-state index is 13.5. The van der Waals surface area contributed by atoms with Crippen molar-refractivity contribution >= 4 is 49.7 Å². The number of aryl methyl sites for hydroxylation is 1. The number of ether oxygens (including phenoxy) is 2. The number of carbonyl (C=O) groups is 3. The van der Waals surface area contributed by atoms with Crippen LogP contribution < -0.4 is 5.32 Å². The van der Waals surface area contributed by atoms with Crippen molar-refractivity contribution in [3.8, 4) is 0 Å². The Labute approximate surface area is 226 Å². The van der Waals surface area contributed by atoms with Gasteiger partial charge in [-0.15, -0.1) is 11.3 Å². The van der Waals surface area contributed by atoms with Crippen LogP contribution in [0.1, 0.15) is 74.6 Å². The first-order valence-corrected chi connectivity index (χ1v) is 15.1. The topological polar surface area (TPSA) is 129 Å². The van der Waals surface area contributed by atoms with Crippen molar-refractivity contribution in [2.45, 2.75) is 75.5 Å². The van der Waals surface area contributed by atoms with E-state index in [1.807, 2.05) is 6.08 Å². The summed E-state index contributed by atoms with van der Waals surface area (Å²) < 4.78 is 35.6. The third-order valence-corrected chi connectivity index (χ3v) is 9.79. The van der Waals surface area contributed by atoms with E-state index in [0.29, 0.717) is 39.7 Å². The minimum Gasteiger partial charge on any atom is -0.461 e. The van der Waals surface area contributed by atoms with Gasteiger partial charge in [-0.2, -0.15) is 0 Å². The summed E-state index contributed by atoms with van der Waals surface area (Å²) in [6.45, 7) is 4.11. The summed E-state index contributed by atoms with van der Waals surface area (Å²) in [6.07, 6.45) is 6.63. The van der Waals surface area contributed by atoms with E-state index in [4.69, 9.17) is 9.47 Å². The number of hydrogen-bond donors (Lipinski definition) is 1. The van der Waals surface area contributed by atoms with Crippen molar-refractivity contribution in [1.82, 2.24) is 4.98 Å². The SMILES string of the molecule is CC(=O)OCC(OC(C)=O)c1nc(NC(=O)/C(=C/C2CCCC2)c2ccc(S(=O)(=O)C3CC3)cc2)sc1C. The molecule has 0 radical (unpaired) electrons. The number of nitrogens with zero attached hydrogens (tertiary/aromatic N) is 1. The first kappa shape index (κ1) is 28.0. The fourth-order valence-corrected chi connectivity index (χ4v) is 7.06. The molecule has 11 heteroatoms. The first-order chi connectivity index (χ1) is 18.0. The van der Waals surface area contributed by atoms with Crippen LogP contribution in [-0.4, -0.2) is 43.1 Å². The predicted molar refractivity (Wildman–Crippen MR) is 143 cm³/mol. The Hall–Kier alpha value is -3.05. The van der Waals surface area contributed by atoms with Crippen LogP contribution in [0.15, 0.2) is 35.2 Å². The van der Waals surface area contributed by atoms with Crippen LogP contribution in [-0.2, 0) is 33.7 Å². The molecule has 1 unspecified atom stereocenters. The van der Waals surface area contributed by atoms with Crippen LogP contribution in [0, 0.1) is 12.8 Å². The first-order valence-electron chi connectivity index (χ1n) is 12.7. The molecule has 2 aromatic rings. The summed E-state index contributed by atoms with van der Waals surface area (Å²) in [5.41, 5.74) is 1.49. The molecule has 0 aliphatic heterocycles. The lowest BCUT2D eigenvalue weighted by Gasteiger charge is -2.15. The van der Waals surface area contributed by atoms with Crippen LogP contribution >= 0.6 is 11.3 Å². The molecule has 2 aliphatic carbocycles. The molecule has 0 spiro atoms. The van der Waals surface area contributed by atoms with Gasteiger partial charge in [0.25, 0.3) is 5.91 Å². The number of amides is 1. The molecule has 1 N–H and O–H groups in total. The average Bonchev–Trinajstić information content (AvgIpc) is 3.49. The summed E-state index contributed by atoms with van der Waals surface area (Å²) in [4.78, 5) is 41.8. The number of aromatic nitrogens is 1. The number of esters is 2. The standard InChI is InChI=1S/C27H32N2O7S2/c1-16-25(24(36-18(3)31)15-35-17(2)30)28-27(37-16)29-26(32)23(14-19-6-4-5-7-19)20-8-10-21(11-9-20)38(33,34)22-12-13-22/h8-11,14,19,22,24H,4-7,12-13,15H2,1-3H3,(H,28,29,32)/b23-14+. The highest BCUT2D eigenvalue weighted by Crippen LogP contribution is 2.35. The van der Waals surface area contributed by atoms with Crippen LogP contribution in [0.2, 0.25) is 0 Å². The Kier molecular flexibility index (Phi) is 8.67. The van der Waals surface area contributed by atoms with Crippen LogP contribution in [0.4, 0.5) is 5.13 Å². The third kappa shape index (κ3) is 6.87. The Morgan fingerprint density at radius 1 is 1.08 bits per heavy atom. The van der Waals surface area contributed by atoms with E-state index >= 15 is 0 Å². The van der Waals surface area contributed by atoms with E-state index in [-0.39, 0.29) is 28.6 Å². The second kappa shape index (κ2) is 11.8. The van der Waals surface area contributed by atoms with Crippen LogP contribution in [0.3, 0.4) is 0 Å². The van der Waals surface area contributed by atoms with Crippen molar-refractivity contribution in [3.63, 3.8) is 0 Å². The van der Waals surface area contributed by atoms with Gasteiger partial charge >= 0.3 is 11.9 Å². The zero-order chi connectivity index (χ0) is 27.4. The van der Waals surface area contributed by atoms with Gasteiger partial charge in [0.05, 0.1) is 10.1 Å². The molecule has 1 amide bonds. The van der Waals surface area contributed by atoms with Crippen LogP contribution in [0.5, 0.6) is 0 Å². The molecule has 2 fully saturated rings. The summed E-state index contributed by atoms with van der Waals surface area (Å²) in [6, 6.07) is 6.51. The summed E-state index contributed by atoms with van der Waals surface area (Å²) in [5, 5.41) is 2.87. The normalized spacial score (nSPS) is 17.2. The largest absolute Gasteiger partial charge is 0.461 e. The Morgan fingerprint density at radius 3 is 2.32 bits per heavy atom. The van der Waals surface area contributed by atoms with Gasteiger partial charge in [-0.05, 0) is 56.2 Å². The fourth-order valence-electron chi connectivity index (χ4n) is 4.54. The number of anilines is 1. The maximum Gasteiger partial charge on any atom is 0.303 e. The van der Waals surface area contributed by atoms with E-state index in [0.717, 1.165) is 25.7 Å². The second-order valence-corrected chi connectivity index (χ2v) is 13.1. The lowest BCUT2D eigenvalue weighted by molar-refractivity contribution is -0.157. The van der Waals surface area contributed by atoms with Crippen LogP contribution in [0.25, 0.3) is 5.57 Å². The molecule has 1 atom stereocenters. The molecule has 2 saturated carbocycles. The lowest BCUT2D eigenvalue weighted by atomic mass is 9.98. The van der Waals surface area contributed by atoms with Gasteiger partial charge in [-0.25, -0.2) is 13.4 Å². The van der Waals surface area contributed by atoms with Gasteiger partial charge in [0.2, 0.25) is 0 Å². The van der Waals surface area contributed by atoms with Crippen molar-refractivity contribution in [2.75, 3.05) is 11.9 Å². The third-order valence-electron chi connectivity index (χ3n) is 6.61. The Morgan fingerprint density at radius 2 is 1.74 bits per heavy atom. The number of carbonyl (C=O) groups excluding carboxylic acids is 3. The van der Waals surface area contributed by atoms with Gasteiger partial charge in [-0.3, -0.25) is 19.7 Å². The van der Waals surface area contributed by atoms with Gasteiger partial charge in [0.15, 0.2) is 21.1 Å². The quantitative estimate of drug-likeness (QED) is 0.325. The number of allylic oxidation sites excluding steroid dienone is 1. The molecule has 1 heterocycles. The second-order valence-electron chi connectivity index (χ2n) is 9.71. The highest BCUT2D eigenvalue weighted by molar-refractivity contribution is 7.92.